The maximum Gasteiger partial charge on any atom is 0.165 e. The molecule has 1 aliphatic carbocycles. The number of carbonyl (C=O) groups is 1. The van der Waals surface area contributed by atoms with Crippen molar-refractivity contribution in [2.45, 2.75) is 25.3 Å². The average Bonchev–Trinajstić information content (AvgIpc) is 3.16. The molecular weight excluding hydrogens is 326 g/mol. The number of hydrogen-bond acceptors (Lipinski definition) is 4. The highest BCUT2D eigenvalue weighted by Crippen LogP contribution is 2.52. The molecule has 2 aromatic rings. The molecule has 0 fully saturated rings. The summed E-state index contributed by atoms with van der Waals surface area (Å²) < 4.78 is 11.2. The van der Waals surface area contributed by atoms with E-state index in [1.807, 2.05) is 30.3 Å². The first-order valence-electron chi connectivity index (χ1n) is 8.93. The molecule has 0 spiro atoms. The smallest absolute Gasteiger partial charge is 0.165 e. The quantitative estimate of drug-likeness (QED) is 0.640. The van der Waals surface area contributed by atoms with Gasteiger partial charge in [0.1, 0.15) is 0 Å². The number of Topliss-reactive ketones (excluding diaryl/α,β-unsaturated/α-hetero) is 1. The number of methoxy groups -OCH3 is 2. The van der Waals surface area contributed by atoms with Gasteiger partial charge < -0.3 is 14.8 Å². The monoisotopic (exact) mass is 349 g/mol. The van der Waals surface area contributed by atoms with Crippen molar-refractivity contribution < 1.29 is 14.3 Å². The van der Waals surface area contributed by atoms with Gasteiger partial charge in [0.25, 0.3) is 0 Å². The van der Waals surface area contributed by atoms with Crippen molar-refractivity contribution in [1.29, 1.82) is 0 Å². The van der Waals surface area contributed by atoms with Crippen molar-refractivity contribution in [3.8, 4) is 11.5 Å². The number of carbonyl (C=O) groups excluding carboxylic acids is 1. The molecule has 1 N–H and O–H groups in total. The third-order valence-electron chi connectivity index (χ3n) is 5.54. The van der Waals surface area contributed by atoms with E-state index in [2.05, 4.69) is 23.5 Å². The Morgan fingerprint density at radius 3 is 2.69 bits per heavy atom. The van der Waals surface area contributed by atoms with Crippen molar-refractivity contribution in [3.05, 3.63) is 65.2 Å². The fourth-order valence-corrected chi connectivity index (χ4v) is 4.28. The van der Waals surface area contributed by atoms with E-state index in [4.69, 9.17) is 9.47 Å². The van der Waals surface area contributed by atoms with Crippen LogP contribution in [-0.2, 0) is 0 Å². The number of ether oxygens (including phenoxy) is 2. The van der Waals surface area contributed by atoms with Crippen LogP contribution in [0.4, 0.5) is 5.69 Å². The standard InChI is InChI=1S/C22H23NO3/c1-13(24)14-10-11-19-18(12-14)15-6-4-7-16(15)21(23-19)17-8-5-9-20(25-2)22(17)26-3/h4-6,8-12,15-16,21,23H,7H2,1-3H3/t15-,16-,21+/m0/s1. The molecule has 0 radical (unpaired) electrons. The summed E-state index contributed by atoms with van der Waals surface area (Å²) in [5.74, 6) is 2.30. The largest absolute Gasteiger partial charge is 0.493 e. The third kappa shape index (κ3) is 2.57. The first kappa shape index (κ1) is 16.7. The molecule has 3 atom stereocenters. The summed E-state index contributed by atoms with van der Waals surface area (Å²) in [5, 5.41) is 3.69. The van der Waals surface area contributed by atoms with Gasteiger partial charge in [0.2, 0.25) is 0 Å². The Balaban J connectivity index is 1.81. The number of anilines is 1. The molecule has 26 heavy (non-hydrogen) atoms. The van der Waals surface area contributed by atoms with E-state index in [0.29, 0.717) is 11.8 Å². The van der Waals surface area contributed by atoms with E-state index in [0.717, 1.165) is 34.7 Å². The van der Waals surface area contributed by atoms with Gasteiger partial charge in [0.15, 0.2) is 17.3 Å². The van der Waals surface area contributed by atoms with Crippen molar-refractivity contribution >= 4 is 11.5 Å². The molecule has 2 aromatic carbocycles. The number of allylic oxidation sites excluding steroid dienone is 2. The number of para-hydroxylation sites is 1. The van der Waals surface area contributed by atoms with Crippen molar-refractivity contribution in [1.82, 2.24) is 0 Å². The minimum Gasteiger partial charge on any atom is -0.493 e. The highest BCUT2D eigenvalue weighted by Gasteiger charge is 2.39. The SMILES string of the molecule is COc1cccc([C@@H]2Nc3ccc(C(C)=O)cc3[C@H]3C=CC[C@@H]32)c1OC. The van der Waals surface area contributed by atoms with Crippen LogP contribution in [0.25, 0.3) is 0 Å². The molecule has 1 aliphatic heterocycles. The number of rotatable bonds is 4. The third-order valence-corrected chi connectivity index (χ3v) is 5.54. The molecular formula is C22H23NO3. The van der Waals surface area contributed by atoms with Crippen LogP contribution in [0.1, 0.15) is 46.8 Å². The van der Waals surface area contributed by atoms with Crippen LogP contribution in [-0.4, -0.2) is 20.0 Å². The molecule has 0 saturated heterocycles. The van der Waals surface area contributed by atoms with E-state index >= 15 is 0 Å². The van der Waals surface area contributed by atoms with E-state index in [9.17, 15) is 4.79 Å². The molecule has 0 aromatic heterocycles. The summed E-state index contributed by atoms with van der Waals surface area (Å²) in [5.41, 5.74) is 4.15. The van der Waals surface area contributed by atoms with Crippen LogP contribution >= 0.6 is 0 Å². The zero-order valence-corrected chi connectivity index (χ0v) is 15.3. The minimum atomic E-state index is 0.0999. The summed E-state index contributed by atoms with van der Waals surface area (Å²) >= 11 is 0. The first-order valence-corrected chi connectivity index (χ1v) is 8.93. The molecule has 4 heteroatoms. The fourth-order valence-electron chi connectivity index (χ4n) is 4.28. The molecule has 0 bridgehead atoms. The second-order valence-electron chi connectivity index (χ2n) is 6.92. The Hall–Kier alpha value is -2.75. The van der Waals surface area contributed by atoms with Gasteiger partial charge in [-0.15, -0.1) is 0 Å². The predicted molar refractivity (Wildman–Crippen MR) is 102 cm³/mol. The number of fused-ring (bicyclic) bond motifs is 3. The summed E-state index contributed by atoms with van der Waals surface area (Å²) in [6.07, 6.45) is 5.51. The van der Waals surface area contributed by atoms with Gasteiger partial charge in [0, 0.05) is 22.7 Å². The molecule has 0 saturated carbocycles. The van der Waals surface area contributed by atoms with Gasteiger partial charge >= 0.3 is 0 Å². The van der Waals surface area contributed by atoms with E-state index < -0.39 is 0 Å². The summed E-state index contributed by atoms with van der Waals surface area (Å²) in [6.45, 7) is 1.61. The molecule has 4 rings (SSSR count). The molecule has 0 unspecified atom stereocenters. The molecule has 134 valence electrons. The number of benzene rings is 2. The van der Waals surface area contributed by atoms with Crippen LogP contribution < -0.4 is 14.8 Å². The van der Waals surface area contributed by atoms with Crippen LogP contribution in [0, 0.1) is 5.92 Å². The normalized spacial score (nSPS) is 23.0. The topological polar surface area (TPSA) is 47.6 Å². The molecule has 2 aliphatic rings. The van der Waals surface area contributed by atoms with Crippen LogP contribution in [0.2, 0.25) is 0 Å². The van der Waals surface area contributed by atoms with Gasteiger partial charge in [-0.05, 0) is 49.1 Å². The Bertz CT molecular complexity index is 887. The lowest BCUT2D eigenvalue weighted by Crippen LogP contribution is -2.29. The first-order chi connectivity index (χ1) is 12.6. The van der Waals surface area contributed by atoms with Crippen LogP contribution in [0.5, 0.6) is 11.5 Å². The van der Waals surface area contributed by atoms with E-state index in [-0.39, 0.29) is 11.8 Å². The lowest BCUT2D eigenvalue weighted by molar-refractivity contribution is 0.101. The van der Waals surface area contributed by atoms with Crippen molar-refractivity contribution in [2.75, 3.05) is 19.5 Å². The van der Waals surface area contributed by atoms with E-state index in [1.165, 1.54) is 5.56 Å². The average molecular weight is 349 g/mol. The van der Waals surface area contributed by atoms with Crippen molar-refractivity contribution in [2.24, 2.45) is 5.92 Å². The summed E-state index contributed by atoms with van der Waals surface area (Å²) in [4.78, 5) is 11.8. The maximum absolute atomic E-state index is 11.8. The van der Waals surface area contributed by atoms with E-state index in [1.54, 1.807) is 21.1 Å². The minimum absolute atomic E-state index is 0.0999. The van der Waals surface area contributed by atoms with Crippen LogP contribution in [0.3, 0.4) is 0 Å². The lowest BCUT2D eigenvalue weighted by atomic mass is 9.76. The highest BCUT2D eigenvalue weighted by molar-refractivity contribution is 5.95. The van der Waals surface area contributed by atoms with Gasteiger partial charge in [0.05, 0.1) is 20.3 Å². The lowest BCUT2D eigenvalue weighted by Gasteiger charge is -2.38. The second kappa shape index (κ2) is 6.52. The maximum atomic E-state index is 11.8. The molecule has 1 heterocycles. The predicted octanol–water partition coefficient (Wildman–Crippen LogP) is 4.73. The zero-order chi connectivity index (χ0) is 18.3. The summed E-state index contributed by atoms with van der Waals surface area (Å²) in [6, 6.07) is 12.1. The Morgan fingerprint density at radius 1 is 1.12 bits per heavy atom. The Kier molecular flexibility index (Phi) is 4.19. The number of nitrogens with one attached hydrogen (secondary N) is 1. The van der Waals surface area contributed by atoms with Crippen LogP contribution in [0.15, 0.2) is 48.6 Å². The fraction of sp³-hybridized carbons (Fsp3) is 0.318. The summed E-state index contributed by atoms with van der Waals surface area (Å²) in [7, 11) is 3.34. The zero-order valence-electron chi connectivity index (χ0n) is 15.3. The molecule has 0 amide bonds. The van der Waals surface area contributed by atoms with Crippen molar-refractivity contribution in [3.63, 3.8) is 0 Å². The molecule has 4 nitrogen and oxygen atoms in total. The van der Waals surface area contributed by atoms with Gasteiger partial charge in [-0.1, -0.05) is 24.3 Å². The van der Waals surface area contributed by atoms with Gasteiger partial charge in [-0.2, -0.15) is 0 Å². The number of ketones is 1. The van der Waals surface area contributed by atoms with Gasteiger partial charge in [-0.25, -0.2) is 0 Å². The highest BCUT2D eigenvalue weighted by atomic mass is 16.5. The Labute approximate surface area is 153 Å². The van der Waals surface area contributed by atoms with Gasteiger partial charge in [-0.3, -0.25) is 4.79 Å². The number of hydrogen-bond donors (Lipinski definition) is 1. The second-order valence-corrected chi connectivity index (χ2v) is 6.92. The Morgan fingerprint density at radius 2 is 1.96 bits per heavy atom.